The number of para-hydroxylation sites is 1. The third kappa shape index (κ3) is 3.22. The zero-order chi connectivity index (χ0) is 17.1. The Bertz CT molecular complexity index is 943. The van der Waals surface area contributed by atoms with Gasteiger partial charge in [0, 0.05) is 6.07 Å². The molecule has 0 atom stereocenters. The van der Waals surface area contributed by atoms with Gasteiger partial charge in [0.2, 0.25) is 0 Å². The molecule has 0 radical (unpaired) electrons. The summed E-state index contributed by atoms with van der Waals surface area (Å²) in [5.41, 5.74) is 0.400. The molecule has 0 aliphatic heterocycles. The minimum Gasteiger partial charge on any atom is -0.482 e. The van der Waals surface area contributed by atoms with Gasteiger partial charge in [-0.1, -0.05) is 18.2 Å². The number of fused-ring (bicyclic) bond motifs is 1. The van der Waals surface area contributed by atoms with Crippen LogP contribution in [0.5, 0.6) is 17.4 Å². The number of aliphatic carboxylic acids is 1. The van der Waals surface area contributed by atoms with Gasteiger partial charge in [0.05, 0.1) is 10.9 Å². The Morgan fingerprint density at radius 1 is 1.12 bits per heavy atom. The maximum absolute atomic E-state index is 12.4. The lowest BCUT2D eigenvalue weighted by molar-refractivity contribution is -0.139. The van der Waals surface area contributed by atoms with Gasteiger partial charge in [-0.15, -0.1) is 0 Å². The van der Waals surface area contributed by atoms with Crippen LogP contribution in [0, 0.1) is 6.92 Å². The van der Waals surface area contributed by atoms with Crippen molar-refractivity contribution >= 4 is 16.9 Å². The van der Waals surface area contributed by atoms with Crippen molar-refractivity contribution in [1.29, 1.82) is 0 Å². The molecule has 24 heavy (non-hydrogen) atoms. The molecule has 6 heteroatoms. The third-order valence-electron chi connectivity index (χ3n) is 3.36. The topological polar surface area (TPSA) is 86.0 Å². The summed E-state index contributed by atoms with van der Waals surface area (Å²) in [4.78, 5) is 23.0. The molecule has 1 N–H and O–H groups in total. The van der Waals surface area contributed by atoms with E-state index in [0.29, 0.717) is 22.4 Å². The van der Waals surface area contributed by atoms with E-state index in [4.69, 9.17) is 19.0 Å². The van der Waals surface area contributed by atoms with Crippen LogP contribution < -0.4 is 14.9 Å². The highest BCUT2D eigenvalue weighted by Gasteiger charge is 2.14. The summed E-state index contributed by atoms with van der Waals surface area (Å²) in [6, 6.07) is 13.5. The average Bonchev–Trinajstić information content (AvgIpc) is 2.58. The van der Waals surface area contributed by atoms with Crippen molar-refractivity contribution in [1.82, 2.24) is 0 Å². The fourth-order valence-corrected chi connectivity index (χ4v) is 2.17. The second-order valence-corrected chi connectivity index (χ2v) is 5.10. The summed E-state index contributed by atoms with van der Waals surface area (Å²) in [7, 11) is 0. The van der Waals surface area contributed by atoms with E-state index >= 15 is 0 Å². The summed E-state index contributed by atoms with van der Waals surface area (Å²) in [6.07, 6.45) is 0. The Hall–Kier alpha value is -3.28. The Kier molecular flexibility index (Phi) is 4.20. The van der Waals surface area contributed by atoms with Gasteiger partial charge in [0.25, 0.3) is 5.95 Å². The van der Waals surface area contributed by atoms with Crippen LogP contribution in [0.25, 0.3) is 11.0 Å². The molecule has 0 saturated carbocycles. The van der Waals surface area contributed by atoms with Crippen LogP contribution in [-0.2, 0) is 4.79 Å². The van der Waals surface area contributed by atoms with Crippen LogP contribution in [0.1, 0.15) is 5.56 Å². The molecule has 1 heterocycles. The lowest BCUT2D eigenvalue weighted by Crippen LogP contribution is -2.10. The zero-order valence-corrected chi connectivity index (χ0v) is 12.8. The Balaban J connectivity index is 2.02. The highest BCUT2D eigenvalue weighted by atomic mass is 16.6. The standard InChI is InChI=1S/C18H14O6/c1-11-17(21)14-8-7-13(22-10-16(19)20)9-15(14)24-18(11)23-12-5-3-2-4-6-12/h2-9H,10H2,1H3,(H,19,20). The van der Waals surface area contributed by atoms with Gasteiger partial charge < -0.3 is 19.0 Å². The Morgan fingerprint density at radius 2 is 1.88 bits per heavy atom. The predicted octanol–water partition coefficient (Wildman–Crippen LogP) is 3.36. The number of carbonyl (C=O) groups is 1. The molecular weight excluding hydrogens is 312 g/mol. The molecule has 122 valence electrons. The summed E-state index contributed by atoms with van der Waals surface area (Å²) in [5.74, 6) is -0.161. The maximum atomic E-state index is 12.4. The number of carboxylic acid groups (broad SMARTS) is 1. The SMILES string of the molecule is Cc1c(Oc2ccccc2)oc2cc(OCC(=O)O)ccc2c1=O. The molecule has 6 nitrogen and oxygen atoms in total. The van der Waals surface area contributed by atoms with Crippen molar-refractivity contribution in [3.05, 3.63) is 64.3 Å². The molecule has 2 aromatic carbocycles. The maximum Gasteiger partial charge on any atom is 0.341 e. The summed E-state index contributed by atoms with van der Waals surface area (Å²) in [6.45, 7) is 1.15. The predicted molar refractivity (Wildman–Crippen MR) is 86.9 cm³/mol. The van der Waals surface area contributed by atoms with E-state index in [2.05, 4.69) is 0 Å². The zero-order valence-electron chi connectivity index (χ0n) is 12.8. The largest absolute Gasteiger partial charge is 0.482 e. The molecule has 0 aliphatic carbocycles. The van der Waals surface area contributed by atoms with Gasteiger partial charge in [-0.2, -0.15) is 0 Å². The van der Waals surface area contributed by atoms with E-state index in [1.807, 2.05) is 18.2 Å². The smallest absolute Gasteiger partial charge is 0.341 e. The molecule has 0 spiro atoms. The van der Waals surface area contributed by atoms with E-state index in [9.17, 15) is 9.59 Å². The quantitative estimate of drug-likeness (QED) is 0.774. The fourth-order valence-electron chi connectivity index (χ4n) is 2.17. The van der Waals surface area contributed by atoms with Crippen molar-refractivity contribution in [2.75, 3.05) is 6.61 Å². The van der Waals surface area contributed by atoms with Gasteiger partial charge in [-0.25, -0.2) is 4.79 Å². The minimum atomic E-state index is -1.09. The Morgan fingerprint density at radius 3 is 2.58 bits per heavy atom. The van der Waals surface area contributed by atoms with Crippen LogP contribution in [0.15, 0.2) is 57.7 Å². The van der Waals surface area contributed by atoms with Crippen molar-refractivity contribution in [2.45, 2.75) is 6.92 Å². The van der Waals surface area contributed by atoms with Crippen LogP contribution in [0.2, 0.25) is 0 Å². The van der Waals surface area contributed by atoms with Crippen molar-refractivity contribution in [3.63, 3.8) is 0 Å². The monoisotopic (exact) mass is 326 g/mol. The summed E-state index contributed by atoms with van der Waals surface area (Å²) in [5, 5.41) is 9.03. The number of hydrogen-bond donors (Lipinski definition) is 1. The van der Waals surface area contributed by atoms with Gasteiger partial charge in [0.1, 0.15) is 17.1 Å². The van der Waals surface area contributed by atoms with Crippen LogP contribution in [-0.4, -0.2) is 17.7 Å². The fraction of sp³-hybridized carbons (Fsp3) is 0.111. The lowest BCUT2D eigenvalue weighted by Gasteiger charge is -2.09. The molecule has 1 aromatic heterocycles. The second-order valence-electron chi connectivity index (χ2n) is 5.10. The summed E-state index contributed by atoms with van der Waals surface area (Å²) >= 11 is 0. The van der Waals surface area contributed by atoms with Crippen LogP contribution >= 0.6 is 0 Å². The van der Waals surface area contributed by atoms with E-state index in [1.165, 1.54) is 18.2 Å². The van der Waals surface area contributed by atoms with E-state index in [0.717, 1.165) is 0 Å². The van der Waals surface area contributed by atoms with Crippen molar-refractivity contribution in [3.8, 4) is 17.4 Å². The third-order valence-corrected chi connectivity index (χ3v) is 3.36. The van der Waals surface area contributed by atoms with Gasteiger partial charge in [-0.3, -0.25) is 4.79 Å². The number of rotatable bonds is 5. The first kappa shape index (κ1) is 15.6. The van der Waals surface area contributed by atoms with E-state index in [-0.39, 0.29) is 17.0 Å². The summed E-state index contributed by atoms with van der Waals surface area (Å²) < 4.78 is 16.4. The van der Waals surface area contributed by atoms with Gasteiger partial charge in [-0.05, 0) is 31.2 Å². The first-order chi connectivity index (χ1) is 11.5. The lowest BCUT2D eigenvalue weighted by atomic mass is 10.2. The first-order valence-corrected chi connectivity index (χ1v) is 7.19. The molecule has 0 unspecified atom stereocenters. The average molecular weight is 326 g/mol. The number of ether oxygens (including phenoxy) is 2. The van der Waals surface area contributed by atoms with Crippen molar-refractivity contribution < 1.29 is 23.8 Å². The van der Waals surface area contributed by atoms with Gasteiger partial charge in [0.15, 0.2) is 12.0 Å². The van der Waals surface area contributed by atoms with Crippen molar-refractivity contribution in [2.24, 2.45) is 0 Å². The molecule has 0 saturated heterocycles. The molecular formula is C18H14O6. The minimum absolute atomic E-state index is 0.0917. The van der Waals surface area contributed by atoms with E-state index in [1.54, 1.807) is 19.1 Å². The Labute approximate surface area is 136 Å². The molecule has 0 amide bonds. The molecule has 3 rings (SSSR count). The molecule has 0 aliphatic rings. The van der Waals surface area contributed by atoms with Crippen LogP contribution in [0.4, 0.5) is 0 Å². The number of carboxylic acids is 1. The molecule has 0 fully saturated rings. The second kappa shape index (κ2) is 6.45. The number of hydrogen-bond acceptors (Lipinski definition) is 5. The normalized spacial score (nSPS) is 10.5. The van der Waals surface area contributed by atoms with Crippen LogP contribution in [0.3, 0.4) is 0 Å². The van der Waals surface area contributed by atoms with Gasteiger partial charge >= 0.3 is 5.97 Å². The first-order valence-electron chi connectivity index (χ1n) is 7.19. The number of benzene rings is 2. The van der Waals surface area contributed by atoms with E-state index < -0.39 is 12.6 Å². The highest BCUT2D eigenvalue weighted by Crippen LogP contribution is 2.28. The highest BCUT2D eigenvalue weighted by molar-refractivity contribution is 5.79. The molecule has 0 bridgehead atoms. The molecule has 3 aromatic rings.